The number of amides is 1. The van der Waals surface area contributed by atoms with E-state index in [0.717, 1.165) is 23.9 Å². The summed E-state index contributed by atoms with van der Waals surface area (Å²) in [5.41, 5.74) is -1.37. The maximum atomic E-state index is 12.4. The van der Waals surface area contributed by atoms with Gasteiger partial charge in [-0.25, -0.2) is 4.79 Å². The van der Waals surface area contributed by atoms with E-state index >= 15 is 0 Å². The number of nitro groups is 1. The van der Waals surface area contributed by atoms with Gasteiger partial charge in [-0.1, -0.05) is 0 Å². The van der Waals surface area contributed by atoms with Crippen LogP contribution in [0.4, 0.5) is 11.4 Å². The number of aromatic nitrogens is 1. The molecule has 0 unspecified atom stereocenters. The molecule has 0 bridgehead atoms. The van der Waals surface area contributed by atoms with Gasteiger partial charge in [0, 0.05) is 30.4 Å². The molecule has 1 aromatic heterocycles. The molecule has 0 spiro atoms. The first-order chi connectivity index (χ1) is 12.7. The first-order valence-corrected chi connectivity index (χ1v) is 7.61. The van der Waals surface area contributed by atoms with Gasteiger partial charge in [-0.15, -0.1) is 0 Å². The monoisotopic (exact) mass is 373 g/mol. The Morgan fingerprint density at radius 2 is 1.81 bits per heavy atom. The molecule has 140 valence electrons. The van der Waals surface area contributed by atoms with Gasteiger partial charge in [0.05, 0.1) is 24.1 Å². The van der Waals surface area contributed by atoms with Crippen LogP contribution in [0.2, 0.25) is 0 Å². The molecule has 1 aromatic carbocycles. The van der Waals surface area contributed by atoms with Crippen molar-refractivity contribution >= 4 is 29.0 Å². The first kappa shape index (κ1) is 19.5. The first-order valence-electron chi connectivity index (χ1n) is 7.61. The minimum absolute atomic E-state index is 0.224. The Morgan fingerprint density at radius 1 is 1.19 bits per heavy atom. The molecule has 1 amide bonds. The molecule has 2 rings (SSSR count). The van der Waals surface area contributed by atoms with Crippen LogP contribution in [0.3, 0.4) is 0 Å². The van der Waals surface area contributed by atoms with E-state index in [4.69, 9.17) is 0 Å². The molecular formula is C17H15N3O7. The standard InChI is InChI=1S/C17H15N3O7/c1-10(21)18-13-5-3-11(4-6-13)15(22)9-19-8-12(17(24)27-2)7-14(16(19)23)20(25)26/h3-8H,9H2,1-2H3,(H,18,21). The normalized spacial score (nSPS) is 10.1. The summed E-state index contributed by atoms with van der Waals surface area (Å²) >= 11 is 0. The Bertz CT molecular complexity index is 977. The summed E-state index contributed by atoms with van der Waals surface area (Å²) in [6.45, 7) is 0.830. The van der Waals surface area contributed by atoms with Crippen LogP contribution in [0.5, 0.6) is 0 Å². The van der Waals surface area contributed by atoms with Crippen LogP contribution in [0.25, 0.3) is 0 Å². The number of hydrogen-bond donors (Lipinski definition) is 1. The minimum atomic E-state index is -1.02. The molecule has 10 nitrogen and oxygen atoms in total. The summed E-state index contributed by atoms with van der Waals surface area (Å²) < 4.78 is 5.29. The van der Waals surface area contributed by atoms with E-state index in [1.807, 2.05) is 0 Å². The van der Waals surface area contributed by atoms with E-state index in [0.29, 0.717) is 5.69 Å². The van der Waals surface area contributed by atoms with Crippen LogP contribution < -0.4 is 10.9 Å². The second kappa shape index (κ2) is 8.04. The van der Waals surface area contributed by atoms with Crippen molar-refractivity contribution in [3.8, 4) is 0 Å². The number of anilines is 1. The minimum Gasteiger partial charge on any atom is -0.465 e. The third-order valence-corrected chi connectivity index (χ3v) is 3.53. The lowest BCUT2D eigenvalue weighted by molar-refractivity contribution is -0.386. The highest BCUT2D eigenvalue weighted by atomic mass is 16.6. The van der Waals surface area contributed by atoms with Crippen LogP contribution in [0.15, 0.2) is 41.3 Å². The van der Waals surface area contributed by atoms with Crippen molar-refractivity contribution in [1.82, 2.24) is 4.57 Å². The van der Waals surface area contributed by atoms with Gasteiger partial charge in [-0.3, -0.25) is 24.5 Å². The third kappa shape index (κ3) is 4.63. The molecular weight excluding hydrogens is 358 g/mol. The zero-order chi connectivity index (χ0) is 20.1. The maximum absolute atomic E-state index is 12.4. The van der Waals surface area contributed by atoms with Crippen molar-refractivity contribution in [1.29, 1.82) is 0 Å². The number of ether oxygens (including phenoxy) is 1. The van der Waals surface area contributed by atoms with E-state index in [2.05, 4.69) is 10.1 Å². The van der Waals surface area contributed by atoms with Gasteiger partial charge in [-0.05, 0) is 24.3 Å². The topological polar surface area (TPSA) is 138 Å². The number of Topliss-reactive ketones (excluding diaryl/α,β-unsaturated/α-hetero) is 1. The smallest absolute Gasteiger partial charge is 0.339 e. The summed E-state index contributed by atoms with van der Waals surface area (Å²) in [5, 5.41) is 13.6. The molecule has 10 heteroatoms. The predicted octanol–water partition coefficient (Wildman–Crippen LogP) is 1.38. The number of methoxy groups -OCH3 is 1. The molecule has 0 aliphatic heterocycles. The average molecular weight is 373 g/mol. The van der Waals surface area contributed by atoms with E-state index in [1.54, 1.807) is 0 Å². The highest BCUT2D eigenvalue weighted by Crippen LogP contribution is 2.13. The summed E-state index contributed by atoms with van der Waals surface area (Å²) in [5.74, 6) is -1.66. The van der Waals surface area contributed by atoms with Gasteiger partial charge >= 0.3 is 17.2 Å². The summed E-state index contributed by atoms with van der Waals surface area (Å²) in [6.07, 6.45) is 1.03. The molecule has 0 fully saturated rings. The second-order valence-corrected chi connectivity index (χ2v) is 5.48. The van der Waals surface area contributed by atoms with Crippen molar-refractivity contribution in [3.63, 3.8) is 0 Å². The third-order valence-electron chi connectivity index (χ3n) is 3.53. The lowest BCUT2D eigenvalue weighted by Crippen LogP contribution is -2.27. The Labute approximate surface area is 152 Å². The van der Waals surface area contributed by atoms with Crippen LogP contribution in [-0.4, -0.2) is 34.3 Å². The second-order valence-electron chi connectivity index (χ2n) is 5.48. The zero-order valence-electron chi connectivity index (χ0n) is 14.4. The SMILES string of the molecule is COC(=O)c1cc([N+](=O)[O-])c(=O)n(CC(=O)c2ccc(NC(C)=O)cc2)c1. The van der Waals surface area contributed by atoms with Crippen molar-refractivity contribution in [2.45, 2.75) is 13.5 Å². The Hall–Kier alpha value is -3.82. The van der Waals surface area contributed by atoms with Crippen molar-refractivity contribution < 1.29 is 24.0 Å². The highest BCUT2D eigenvalue weighted by Gasteiger charge is 2.21. The van der Waals surface area contributed by atoms with Crippen molar-refractivity contribution in [2.75, 3.05) is 12.4 Å². The van der Waals surface area contributed by atoms with Crippen LogP contribution in [0, 0.1) is 10.1 Å². The zero-order valence-corrected chi connectivity index (χ0v) is 14.4. The highest BCUT2D eigenvalue weighted by molar-refractivity contribution is 5.97. The van der Waals surface area contributed by atoms with E-state index in [-0.39, 0.29) is 17.0 Å². The molecule has 27 heavy (non-hydrogen) atoms. The van der Waals surface area contributed by atoms with Gasteiger partial charge in [0.1, 0.15) is 0 Å². The number of pyridine rings is 1. The fraction of sp³-hybridized carbons (Fsp3) is 0.176. The number of ketones is 1. The number of carbonyl (C=O) groups is 3. The lowest BCUT2D eigenvalue weighted by atomic mass is 10.1. The quantitative estimate of drug-likeness (QED) is 0.349. The number of carbonyl (C=O) groups excluding carboxylic acids is 3. The molecule has 0 aliphatic carbocycles. The predicted molar refractivity (Wildman–Crippen MR) is 93.8 cm³/mol. The maximum Gasteiger partial charge on any atom is 0.339 e. The van der Waals surface area contributed by atoms with Gasteiger partial charge in [0.25, 0.3) is 0 Å². The van der Waals surface area contributed by atoms with Crippen LogP contribution in [0.1, 0.15) is 27.6 Å². The van der Waals surface area contributed by atoms with Crippen molar-refractivity contribution in [2.24, 2.45) is 0 Å². The fourth-order valence-corrected chi connectivity index (χ4v) is 2.29. The Morgan fingerprint density at radius 3 is 2.33 bits per heavy atom. The molecule has 0 radical (unpaired) electrons. The lowest BCUT2D eigenvalue weighted by Gasteiger charge is -2.08. The van der Waals surface area contributed by atoms with E-state index in [9.17, 15) is 29.3 Å². The number of hydrogen-bond acceptors (Lipinski definition) is 7. The van der Waals surface area contributed by atoms with E-state index < -0.39 is 34.5 Å². The van der Waals surface area contributed by atoms with E-state index in [1.165, 1.54) is 31.2 Å². The molecule has 0 atom stereocenters. The fourth-order valence-electron chi connectivity index (χ4n) is 2.29. The Kier molecular flexibility index (Phi) is 5.81. The molecule has 0 saturated heterocycles. The number of benzene rings is 1. The van der Waals surface area contributed by atoms with Gasteiger partial charge in [-0.2, -0.15) is 0 Å². The van der Waals surface area contributed by atoms with Crippen molar-refractivity contribution in [3.05, 3.63) is 68.1 Å². The number of nitrogens with zero attached hydrogens (tertiary/aromatic N) is 2. The molecule has 2 aromatic rings. The molecule has 1 heterocycles. The molecule has 0 saturated carbocycles. The van der Waals surface area contributed by atoms with Gasteiger partial charge in [0.2, 0.25) is 5.91 Å². The molecule has 0 aliphatic rings. The summed E-state index contributed by atoms with van der Waals surface area (Å²) in [4.78, 5) is 57.3. The van der Waals surface area contributed by atoms with Crippen LogP contribution in [-0.2, 0) is 16.1 Å². The van der Waals surface area contributed by atoms with Gasteiger partial charge in [0.15, 0.2) is 5.78 Å². The summed E-state index contributed by atoms with van der Waals surface area (Å²) in [7, 11) is 1.09. The number of nitrogens with one attached hydrogen (secondary N) is 1. The largest absolute Gasteiger partial charge is 0.465 e. The number of rotatable bonds is 6. The molecule has 1 N–H and O–H groups in total. The van der Waals surface area contributed by atoms with Crippen LogP contribution >= 0.6 is 0 Å². The van der Waals surface area contributed by atoms with Gasteiger partial charge < -0.3 is 14.6 Å². The average Bonchev–Trinajstić information content (AvgIpc) is 2.62. The number of esters is 1. The Balaban J connectivity index is 2.35. The summed E-state index contributed by atoms with van der Waals surface area (Å²) in [6, 6.07) is 6.70.